The highest BCUT2D eigenvalue weighted by Crippen LogP contribution is 2.34. The van der Waals surface area contributed by atoms with Gasteiger partial charge in [0.05, 0.1) is 11.3 Å². The Balaban J connectivity index is 1.47. The van der Waals surface area contributed by atoms with Gasteiger partial charge in [-0.25, -0.2) is 0 Å². The van der Waals surface area contributed by atoms with Crippen molar-refractivity contribution in [1.82, 2.24) is 0 Å². The molecular formula is C24H21F3N2O. The van der Waals surface area contributed by atoms with Crippen LogP contribution in [0.15, 0.2) is 72.8 Å². The van der Waals surface area contributed by atoms with Crippen LogP contribution < -0.4 is 10.2 Å². The lowest BCUT2D eigenvalue weighted by atomic mass is 10.0. The topological polar surface area (TPSA) is 32.3 Å². The Morgan fingerprint density at radius 1 is 0.933 bits per heavy atom. The maximum Gasteiger partial charge on any atom is 0.418 e. The zero-order valence-corrected chi connectivity index (χ0v) is 16.2. The molecular weight excluding hydrogens is 389 g/mol. The van der Waals surface area contributed by atoms with E-state index in [0.717, 1.165) is 37.6 Å². The molecule has 0 radical (unpaired) electrons. The van der Waals surface area contributed by atoms with Crippen LogP contribution in [0.2, 0.25) is 0 Å². The van der Waals surface area contributed by atoms with Crippen LogP contribution in [0.1, 0.15) is 33.5 Å². The van der Waals surface area contributed by atoms with E-state index in [9.17, 15) is 18.0 Å². The molecule has 3 aromatic carbocycles. The fraction of sp³-hybridized carbons (Fsp3) is 0.208. The van der Waals surface area contributed by atoms with Gasteiger partial charge in [0.25, 0.3) is 5.91 Å². The summed E-state index contributed by atoms with van der Waals surface area (Å²) in [6, 6.07) is 20.3. The van der Waals surface area contributed by atoms with Crippen molar-refractivity contribution in [2.75, 3.05) is 16.8 Å². The lowest BCUT2D eigenvalue weighted by Gasteiger charge is -2.31. The number of alkyl halides is 3. The van der Waals surface area contributed by atoms with Crippen molar-refractivity contribution in [2.45, 2.75) is 25.6 Å². The van der Waals surface area contributed by atoms with Crippen LogP contribution in [-0.2, 0) is 19.1 Å². The molecule has 1 aliphatic heterocycles. The number of carbonyl (C=O) groups excluding carboxylic acids is 1. The Kier molecular flexibility index (Phi) is 5.48. The summed E-state index contributed by atoms with van der Waals surface area (Å²) in [5, 5.41) is 2.38. The van der Waals surface area contributed by atoms with Crippen molar-refractivity contribution >= 4 is 17.3 Å². The number of fused-ring (bicyclic) bond motifs is 1. The van der Waals surface area contributed by atoms with Gasteiger partial charge in [-0.3, -0.25) is 4.79 Å². The molecule has 0 unspecified atom stereocenters. The first kappa shape index (κ1) is 20.0. The summed E-state index contributed by atoms with van der Waals surface area (Å²) in [5.74, 6) is -0.568. The number of para-hydroxylation sites is 2. The molecule has 0 fully saturated rings. The van der Waals surface area contributed by atoms with Gasteiger partial charge < -0.3 is 10.2 Å². The van der Waals surface area contributed by atoms with Crippen molar-refractivity contribution in [3.63, 3.8) is 0 Å². The van der Waals surface area contributed by atoms with Crippen molar-refractivity contribution in [3.8, 4) is 0 Å². The lowest BCUT2D eigenvalue weighted by Crippen LogP contribution is -2.28. The number of hydrogen-bond donors (Lipinski definition) is 1. The second-order valence-corrected chi connectivity index (χ2v) is 7.35. The predicted molar refractivity (Wildman–Crippen MR) is 112 cm³/mol. The molecule has 30 heavy (non-hydrogen) atoms. The predicted octanol–water partition coefficient (Wildman–Crippen LogP) is 5.91. The van der Waals surface area contributed by atoms with Crippen LogP contribution in [0.4, 0.5) is 24.5 Å². The van der Waals surface area contributed by atoms with Gasteiger partial charge >= 0.3 is 6.18 Å². The van der Waals surface area contributed by atoms with E-state index in [4.69, 9.17) is 0 Å². The Bertz CT molecular complexity index is 1040. The maximum absolute atomic E-state index is 13.1. The summed E-state index contributed by atoms with van der Waals surface area (Å²) in [5.41, 5.74) is 2.81. The molecule has 3 nitrogen and oxygen atoms in total. The van der Waals surface area contributed by atoms with Crippen LogP contribution >= 0.6 is 0 Å². The molecule has 1 amide bonds. The maximum atomic E-state index is 13.1. The largest absolute Gasteiger partial charge is 0.418 e. The van der Waals surface area contributed by atoms with Crippen molar-refractivity contribution in [3.05, 3.63) is 95.1 Å². The minimum atomic E-state index is -4.53. The van der Waals surface area contributed by atoms with E-state index in [1.54, 1.807) is 12.1 Å². The van der Waals surface area contributed by atoms with Gasteiger partial charge in [0.1, 0.15) is 0 Å². The molecule has 4 rings (SSSR count). The normalized spacial score (nSPS) is 13.6. The highest BCUT2D eigenvalue weighted by molar-refractivity contribution is 6.04. The fourth-order valence-electron chi connectivity index (χ4n) is 3.79. The summed E-state index contributed by atoms with van der Waals surface area (Å²) in [6.07, 6.45) is -2.36. The number of anilines is 2. The van der Waals surface area contributed by atoms with Crippen LogP contribution in [0.25, 0.3) is 0 Å². The quantitative estimate of drug-likeness (QED) is 0.580. The highest BCUT2D eigenvalue weighted by atomic mass is 19.4. The third kappa shape index (κ3) is 4.32. The molecule has 1 aliphatic rings. The minimum Gasteiger partial charge on any atom is -0.367 e. The van der Waals surface area contributed by atoms with E-state index in [1.807, 2.05) is 24.3 Å². The number of carbonyl (C=O) groups is 1. The third-order valence-corrected chi connectivity index (χ3v) is 5.28. The van der Waals surface area contributed by atoms with Gasteiger partial charge in [-0.05, 0) is 54.3 Å². The standard InChI is InChI=1S/C24H21F3N2O/c25-24(26,27)20-8-2-3-9-21(20)28-23(30)19-13-11-17(12-14-19)16-29-15-5-7-18-6-1-4-10-22(18)29/h1-4,6,8-14H,5,7,15-16H2,(H,28,30). The van der Waals surface area contributed by atoms with Gasteiger partial charge in [-0.15, -0.1) is 0 Å². The molecule has 1 heterocycles. The molecule has 154 valence electrons. The van der Waals surface area contributed by atoms with Gasteiger partial charge in [-0.1, -0.05) is 42.5 Å². The van der Waals surface area contributed by atoms with E-state index >= 15 is 0 Å². The monoisotopic (exact) mass is 410 g/mol. The molecule has 6 heteroatoms. The molecule has 0 saturated carbocycles. The van der Waals surface area contributed by atoms with Crippen LogP contribution in [0, 0.1) is 0 Å². The molecule has 0 bridgehead atoms. The molecule has 0 spiro atoms. The molecule has 3 aromatic rings. The Morgan fingerprint density at radius 2 is 1.63 bits per heavy atom. The van der Waals surface area contributed by atoms with E-state index in [0.29, 0.717) is 5.56 Å². The van der Waals surface area contributed by atoms with Crippen LogP contribution in [0.5, 0.6) is 0 Å². The number of amides is 1. The number of hydrogen-bond acceptors (Lipinski definition) is 2. The van der Waals surface area contributed by atoms with Crippen molar-refractivity contribution in [1.29, 1.82) is 0 Å². The minimum absolute atomic E-state index is 0.246. The van der Waals surface area contributed by atoms with Gasteiger partial charge in [0, 0.05) is 24.3 Å². The summed E-state index contributed by atoms with van der Waals surface area (Å²) in [6.45, 7) is 1.68. The second-order valence-electron chi connectivity index (χ2n) is 7.35. The van der Waals surface area contributed by atoms with E-state index in [1.165, 1.54) is 29.4 Å². The number of nitrogens with zero attached hydrogens (tertiary/aromatic N) is 1. The Morgan fingerprint density at radius 3 is 2.40 bits per heavy atom. The zero-order valence-electron chi connectivity index (χ0n) is 16.2. The average Bonchev–Trinajstić information content (AvgIpc) is 2.74. The average molecular weight is 410 g/mol. The van der Waals surface area contributed by atoms with Crippen molar-refractivity contribution in [2.24, 2.45) is 0 Å². The molecule has 0 atom stereocenters. The van der Waals surface area contributed by atoms with Crippen LogP contribution in [0.3, 0.4) is 0 Å². The number of aryl methyl sites for hydroxylation is 1. The summed E-state index contributed by atoms with van der Waals surface area (Å²) in [7, 11) is 0. The lowest BCUT2D eigenvalue weighted by molar-refractivity contribution is -0.136. The molecule has 1 N–H and O–H groups in total. The van der Waals surface area contributed by atoms with Gasteiger partial charge in [0.2, 0.25) is 0 Å². The summed E-state index contributed by atoms with van der Waals surface area (Å²) in [4.78, 5) is 14.8. The Hall–Kier alpha value is -3.28. The zero-order chi connectivity index (χ0) is 21.1. The molecule has 0 aliphatic carbocycles. The van der Waals surface area contributed by atoms with E-state index in [-0.39, 0.29) is 5.69 Å². The first-order valence-electron chi connectivity index (χ1n) is 9.81. The summed E-state index contributed by atoms with van der Waals surface area (Å²) >= 11 is 0. The van der Waals surface area contributed by atoms with E-state index < -0.39 is 17.6 Å². The summed E-state index contributed by atoms with van der Waals surface area (Å²) < 4.78 is 39.4. The Labute approximate surface area is 173 Å². The first-order chi connectivity index (χ1) is 14.4. The van der Waals surface area contributed by atoms with E-state index in [2.05, 4.69) is 22.3 Å². The number of halogens is 3. The number of benzene rings is 3. The number of rotatable bonds is 4. The molecule has 0 aromatic heterocycles. The first-order valence-corrected chi connectivity index (χ1v) is 9.81. The van der Waals surface area contributed by atoms with Crippen LogP contribution in [-0.4, -0.2) is 12.5 Å². The van der Waals surface area contributed by atoms with Crippen molar-refractivity contribution < 1.29 is 18.0 Å². The van der Waals surface area contributed by atoms with Gasteiger partial charge in [0.15, 0.2) is 0 Å². The highest BCUT2D eigenvalue weighted by Gasteiger charge is 2.33. The van der Waals surface area contributed by atoms with Gasteiger partial charge in [-0.2, -0.15) is 13.2 Å². The smallest absolute Gasteiger partial charge is 0.367 e. The number of nitrogens with one attached hydrogen (secondary N) is 1. The molecule has 0 saturated heterocycles. The third-order valence-electron chi connectivity index (χ3n) is 5.28. The SMILES string of the molecule is O=C(Nc1ccccc1C(F)(F)F)c1ccc(CN2CCCc3ccccc32)cc1. The second kappa shape index (κ2) is 8.22. The fourth-order valence-corrected chi connectivity index (χ4v) is 3.79.